The first kappa shape index (κ1) is 20.3. The molecule has 0 bridgehead atoms. The molecule has 2 aromatic heterocycles. The van der Waals surface area contributed by atoms with Crippen LogP contribution in [0.4, 0.5) is 0 Å². The van der Waals surface area contributed by atoms with Gasteiger partial charge in [-0.1, -0.05) is 30.3 Å². The predicted molar refractivity (Wildman–Crippen MR) is 108 cm³/mol. The van der Waals surface area contributed by atoms with E-state index < -0.39 is 5.97 Å². The van der Waals surface area contributed by atoms with Crippen molar-refractivity contribution in [2.75, 3.05) is 6.54 Å². The Balaban J connectivity index is 1.53. The maximum atomic E-state index is 12.4. The van der Waals surface area contributed by atoms with Crippen LogP contribution < -0.4 is 10.9 Å². The Kier molecular flexibility index (Phi) is 6.11. The molecule has 0 aliphatic rings. The first-order chi connectivity index (χ1) is 13.9. The third-order valence-corrected chi connectivity index (χ3v) is 4.83. The van der Waals surface area contributed by atoms with Crippen molar-refractivity contribution in [2.24, 2.45) is 7.05 Å². The molecule has 29 heavy (non-hydrogen) atoms. The van der Waals surface area contributed by atoms with Crippen molar-refractivity contribution in [3.63, 3.8) is 0 Å². The highest BCUT2D eigenvalue weighted by Crippen LogP contribution is 2.21. The number of benzene rings is 1. The van der Waals surface area contributed by atoms with E-state index in [0.717, 1.165) is 22.2 Å². The number of aromatic amines is 1. The summed E-state index contributed by atoms with van der Waals surface area (Å²) in [5.74, 6) is -0.827. The maximum Gasteiger partial charge on any atom is 0.325 e. The number of rotatable bonds is 7. The zero-order chi connectivity index (χ0) is 21.0. The minimum absolute atomic E-state index is 0.0979. The summed E-state index contributed by atoms with van der Waals surface area (Å²) in [5, 5.41) is 7.77. The third-order valence-electron chi connectivity index (χ3n) is 4.83. The van der Waals surface area contributed by atoms with Crippen LogP contribution in [0.25, 0.3) is 11.0 Å². The van der Waals surface area contributed by atoms with E-state index in [1.165, 1.54) is 0 Å². The molecule has 3 aromatic rings. The molecular weight excluding hydrogens is 372 g/mol. The molecule has 0 atom stereocenters. The molecule has 0 aliphatic carbocycles. The molecule has 0 radical (unpaired) electrons. The minimum Gasteiger partial charge on any atom is -0.460 e. The summed E-state index contributed by atoms with van der Waals surface area (Å²) in [6.07, 6.45) is 0.372. The normalized spacial score (nSPS) is 10.9. The first-order valence-electron chi connectivity index (χ1n) is 9.38. The average molecular weight is 396 g/mol. The summed E-state index contributed by atoms with van der Waals surface area (Å²) in [6, 6.07) is 9.31. The predicted octanol–water partition coefficient (Wildman–Crippen LogP) is 1.67. The smallest absolute Gasteiger partial charge is 0.325 e. The molecule has 152 valence electrons. The van der Waals surface area contributed by atoms with Crippen LogP contribution >= 0.6 is 0 Å². The van der Waals surface area contributed by atoms with Crippen molar-refractivity contribution >= 4 is 22.9 Å². The molecule has 0 saturated carbocycles. The van der Waals surface area contributed by atoms with Gasteiger partial charge in [0, 0.05) is 24.4 Å². The van der Waals surface area contributed by atoms with Crippen LogP contribution in [0.3, 0.4) is 0 Å². The standard InChI is InChI=1S/C21H24N4O4/c1-13-16(21(28)23-20-19(13)14(2)24-25(20)3)9-10-17(26)22-11-18(27)29-12-15-7-5-4-6-8-15/h4-8H,9-12H2,1-3H3,(H,22,26)(H,23,28). The van der Waals surface area contributed by atoms with Crippen LogP contribution in [0.1, 0.15) is 28.8 Å². The van der Waals surface area contributed by atoms with E-state index in [1.807, 2.05) is 44.2 Å². The van der Waals surface area contributed by atoms with Crippen LogP contribution in [-0.4, -0.2) is 33.2 Å². The van der Waals surface area contributed by atoms with Crippen molar-refractivity contribution < 1.29 is 14.3 Å². The Bertz CT molecular complexity index is 1100. The van der Waals surface area contributed by atoms with Gasteiger partial charge in [-0.3, -0.25) is 19.1 Å². The summed E-state index contributed by atoms with van der Waals surface area (Å²) >= 11 is 0. The summed E-state index contributed by atoms with van der Waals surface area (Å²) < 4.78 is 6.76. The number of amides is 1. The highest BCUT2D eigenvalue weighted by Gasteiger charge is 2.16. The van der Waals surface area contributed by atoms with E-state index >= 15 is 0 Å². The summed E-state index contributed by atoms with van der Waals surface area (Å²) in [5.41, 5.74) is 3.51. The van der Waals surface area contributed by atoms with Gasteiger partial charge < -0.3 is 15.0 Å². The molecule has 2 heterocycles. The lowest BCUT2D eigenvalue weighted by molar-refractivity contribution is -0.145. The third kappa shape index (κ3) is 4.71. The molecule has 0 fully saturated rings. The summed E-state index contributed by atoms with van der Waals surface area (Å²) in [6.45, 7) is 3.70. The van der Waals surface area contributed by atoms with Crippen LogP contribution in [0.2, 0.25) is 0 Å². The number of carbonyl (C=O) groups excluding carboxylic acids is 2. The number of nitrogens with one attached hydrogen (secondary N) is 2. The molecule has 3 rings (SSSR count). The van der Waals surface area contributed by atoms with Crippen LogP contribution in [0.5, 0.6) is 0 Å². The lowest BCUT2D eigenvalue weighted by atomic mass is 10.0. The SMILES string of the molecule is Cc1nn(C)c2[nH]c(=O)c(CCC(=O)NCC(=O)OCc3ccccc3)c(C)c12. The number of esters is 1. The number of aryl methyl sites for hydroxylation is 3. The number of fused-ring (bicyclic) bond motifs is 1. The second-order valence-electron chi connectivity index (χ2n) is 6.91. The van der Waals surface area contributed by atoms with Gasteiger partial charge in [-0.05, 0) is 31.4 Å². The molecule has 0 spiro atoms. The topological polar surface area (TPSA) is 106 Å². The number of aromatic nitrogens is 3. The van der Waals surface area contributed by atoms with Crippen molar-refractivity contribution in [3.05, 3.63) is 63.1 Å². The van der Waals surface area contributed by atoms with E-state index in [2.05, 4.69) is 15.4 Å². The van der Waals surface area contributed by atoms with Crippen molar-refractivity contribution in [2.45, 2.75) is 33.3 Å². The first-order valence-corrected chi connectivity index (χ1v) is 9.38. The minimum atomic E-state index is -0.511. The molecule has 0 saturated heterocycles. The van der Waals surface area contributed by atoms with Gasteiger partial charge in [0.25, 0.3) is 5.56 Å². The summed E-state index contributed by atoms with van der Waals surface area (Å²) in [4.78, 5) is 39.1. The zero-order valence-corrected chi connectivity index (χ0v) is 16.7. The molecule has 1 aromatic carbocycles. The zero-order valence-electron chi connectivity index (χ0n) is 16.7. The van der Waals surface area contributed by atoms with Crippen molar-refractivity contribution in [1.82, 2.24) is 20.1 Å². The van der Waals surface area contributed by atoms with Gasteiger partial charge in [-0.25, -0.2) is 0 Å². The molecule has 0 aliphatic heterocycles. The van der Waals surface area contributed by atoms with Gasteiger partial charge in [-0.2, -0.15) is 5.10 Å². The molecule has 1 amide bonds. The average Bonchev–Trinajstić information content (AvgIpc) is 2.98. The maximum absolute atomic E-state index is 12.4. The molecule has 0 unspecified atom stereocenters. The van der Waals surface area contributed by atoms with Gasteiger partial charge in [0.1, 0.15) is 18.8 Å². The van der Waals surface area contributed by atoms with E-state index in [4.69, 9.17) is 4.74 Å². The number of hydrogen-bond acceptors (Lipinski definition) is 5. The Morgan fingerprint density at radius 1 is 1.21 bits per heavy atom. The lowest BCUT2D eigenvalue weighted by Gasteiger charge is -2.08. The van der Waals surface area contributed by atoms with Crippen molar-refractivity contribution in [1.29, 1.82) is 0 Å². The van der Waals surface area contributed by atoms with Crippen LogP contribution in [0, 0.1) is 13.8 Å². The van der Waals surface area contributed by atoms with Gasteiger partial charge in [0.15, 0.2) is 0 Å². The quantitative estimate of drug-likeness (QED) is 0.591. The number of nitrogens with zero attached hydrogens (tertiary/aromatic N) is 2. The molecule has 2 N–H and O–H groups in total. The lowest BCUT2D eigenvalue weighted by Crippen LogP contribution is -2.31. The Labute approximate surface area is 167 Å². The van der Waals surface area contributed by atoms with Crippen molar-refractivity contribution in [3.8, 4) is 0 Å². The highest BCUT2D eigenvalue weighted by atomic mass is 16.5. The van der Waals surface area contributed by atoms with Gasteiger partial charge in [0.05, 0.1) is 5.69 Å². The molecule has 8 nitrogen and oxygen atoms in total. The number of carbonyl (C=O) groups is 2. The van der Waals surface area contributed by atoms with E-state index in [0.29, 0.717) is 11.2 Å². The second kappa shape index (κ2) is 8.72. The second-order valence-corrected chi connectivity index (χ2v) is 6.91. The number of pyridine rings is 1. The fraction of sp³-hybridized carbons (Fsp3) is 0.333. The largest absolute Gasteiger partial charge is 0.460 e. The summed E-state index contributed by atoms with van der Waals surface area (Å²) in [7, 11) is 1.77. The van der Waals surface area contributed by atoms with Gasteiger partial charge >= 0.3 is 5.97 Å². The molecule has 8 heteroatoms. The Hall–Kier alpha value is -3.42. The van der Waals surface area contributed by atoms with Gasteiger partial charge in [-0.15, -0.1) is 0 Å². The van der Waals surface area contributed by atoms with E-state index in [1.54, 1.807) is 11.7 Å². The Morgan fingerprint density at radius 3 is 2.66 bits per heavy atom. The monoisotopic (exact) mass is 396 g/mol. The van der Waals surface area contributed by atoms with E-state index in [-0.39, 0.29) is 37.5 Å². The van der Waals surface area contributed by atoms with Gasteiger partial charge in [0.2, 0.25) is 5.91 Å². The number of ether oxygens (including phenoxy) is 1. The highest BCUT2D eigenvalue weighted by molar-refractivity contribution is 5.84. The van der Waals surface area contributed by atoms with Crippen LogP contribution in [-0.2, 0) is 34.4 Å². The number of H-pyrrole nitrogens is 1. The Morgan fingerprint density at radius 2 is 1.93 bits per heavy atom. The number of hydrogen-bond donors (Lipinski definition) is 2. The fourth-order valence-electron chi connectivity index (χ4n) is 3.34. The fourth-order valence-corrected chi connectivity index (χ4v) is 3.34. The molecular formula is C21H24N4O4. The van der Waals surface area contributed by atoms with Crippen LogP contribution in [0.15, 0.2) is 35.1 Å². The van der Waals surface area contributed by atoms with E-state index in [9.17, 15) is 14.4 Å².